The average molecular weight is 377 g/mol. The Kier molecular flexibility index (Phi) is 6.52. The van der Waals surface area contributed by atoms with Crippen molar-refractivity contribution in [1.29, 1.82) is 0 Å². The molecule has 2 N–H and O–H groups in total. The second-order valence-electron chi connectivity index (χ2n) is 8.10. The molecule has 1 aromatic rings. The number of carbonyl (C=O) groups is 1. The third-order valence-electron chi connectivity index (χ3n) is 6.01. The summed E-state index contributed by atoms with van der Waals surface area (Å²) in [6.07, 6.45) is 6.01. The second-order valence-corrected chi connectivity index (χ2v) is 8.10. The van der Waals surface area contributed by atoms with Crippen molar-refractivity contribution in [3.63, 3.8) is 0 Å². The molecule has 0 bridgehead atoms. The van der Waals surface area contributed by atoms with Crippen molar-refractivity contribution in [3.05, 3.63) is 22.1 Å². The lowest BCUT2D eigenvalue weighted by Crippen LogP contribution is -2.38. The molecule has 1 amide bonds. The van der Waals surface area contributed by atoms with Gasteiger partial charge in [-0.3, -0.25) is 14.6 Å². The van der Waals surface area contributed by atoms with Gasteiger partial charge >= 0.3 is 0 Å². The maximum absolute atomic E-state index is 12.6. The van der Waals surface area contributed by atoms with Crippen LogP contribution in [0.3, 0.4) is 0 Å². The first-order valence-corrected chi connectivity index (χ1v) is 10.2. The summed E-state index contributed by atoms with van der Waals surface area (Å²) in [7, 11) is 1.73. The summed E-state index contributed by atoms with van der Waals surface area (Å²) < 4.78 is 5.38. The molecule has 1 saturated carbocycles. The predicted octanol–water partition coefficient (Wildman–Crippen LogP) is 2.39. The maximum Gasteiger partial charge on any atom is 0.252 e. The Labute approximate surface area is 160 Å². The number of anilines is 1. The normalized spacial score (nSPS) is 25.2. The first-order chi connectivity index (χ1) is 13.0. The van der Waals surface area contributed by atoms with Crippen LogP contribution in [0.5, 0.6) is 0 Å². The number of carbonyl (C=O) groups excluding carboxylic acids is 1. The van der Waals surface area contributed by atoms with Crippen LogP contribution in [-0.2, 0) is 9.53 Å². The quantitative estimate of drug-likeness (QED) is 0.824. The number of hydrogen-bond acceptors (Lipinski definition) is 5. The lowest BCUT2D eigenvalue weighted by Gasteiger charge is -2.31. The zero-order valence-corrected chi connectivity index (χ0v) is 16.7. The van der Waals surface area contributed by atoms with E-state index in [1.54, 1.807) is 7.11 Å². The third-order valence-corrected chi connectivity index (χ3v) is 6.01. The van der Waals surface area contributed by atoms with Gasteiger partial charge in [-0.25, -0.2) is 4.98 Å². The average Bonchev–Trinajstić information content (AvgIpc) is 2.68. The monoisotopic (exact) mass is 376 g/mol. The lowest BCUT2D eigenvalue weighted by molar-refractivity contribution is -0.127. The number of nitrogens with one attached hydrogen (secondary N) is 2. The fraction of sp³-hybridized carbons (Fsp3) is 0.750. The molecule has 2 aliphatic rings. The number of aromatic nitrogens is 2. The number of ether oxygens (including phenoxy) is 1. The predicted molar refractivity (Wildman–Crippen MR) is 105 cm³/mol. The summed E-state index contributed by atoms with van der Waals surface area (Å²) >= 11 is 0. The smallest absolute Gasteiger partial charge is 0.252 e. The van der Waals surface area contributed by atoms with E-state index in [1.165, 1.54) is 6.07 Å². The van der Waals surface area contributed by atoms with Crippen LogP contribution in [0.15, 0.2) is 10.9 Å². The van der Waals surface area contributed by atoms with Gasteiger partial charge in [0.1, 0.15) is 0 Å². The zero-order chi connectivity index (χ0) is 19.4. The largest absolute Gasteiger partial charge is 0.381 e. The van der Waals surface area contributed by atoms with Crippen molar-refractivity contribution in [2.45, 2.75) is 64.5 Å². The lowest BCUT2D eigenvalue weighted by atomic mass is 9.86. The van der Waals surface area contributed by atoms with E-state index in [0.29, 0.717) is 17.6 Å². The van der Waals surface area contributed by atoms with Gasteiger partial charge < -0.3 is 15.0 Å². The van der Waals surface area contributed by atoms with Crippen molar-refractivity contribution >= 4 is 11.9 Å². The maximum atomic E-state index is 12.6. The van der Waals surface area contributed by atoms with Gasteiger partial charge in [0.2, 0.25) is 11.9 Å². The fourth-order valence-corrected chi connectivity index (χ4v) is 4.02. The molecule has 150 valence electrons. The SMILES string of the molecule is COC1CCC(C(=O)NC(C)c2cc(=O)[nH]c(N3CCC(C)CC3)n2)CC1. The van der Waals surface area contributed by atoms with E-state index < -0.39 is 0 Å². The van der Waals surface area contributed by atoms with Gasteiger partial charge in [0.05, 0.1) is 17.8 Å². The van der Waals surface area contributed by atoms with Crippen LogP contribution >= 0.6 is 0 Å². The minimum Gasteiger partial charge on any atom is -0.381 e. The van der Waals surface area contributed by atoms with E-state index in [1.807, 2.05) is 6.92 Å². The Morgan fingerprint density at radius 3 is 2.56 bits per heavy atom. The molecule has 1 saturated heterocycles. The zero-order valence-electron chi connectivity index (χ0n) is 16.7. The van der Waals surface area contributed by atoms with Crippen LogP contribution in [-0.4, -0.2) is 42.2 Å². The van der Waals surface area contributed by atoms with E-state index >= 15 is 0 Å². The van der Waals surface area contributed by atoms with E-state index in [2.05, 4.69) is 27.1 Å². The number of hydrogen-bond donors (Lipinski definition) is 2. The molecule has 2 fully saturated rings. The van der Waals surface area contributed by atoms with E-state index in [-0.39, 0.29) is 29.5 Å². The van der Waals surface area contributed by atoms with Crippen molar-refractivity contribution in [2.75, 3.05) is 25.1 Å². The molecule has 1 aromatic heterocycles. The molecule has 7 heteroatoms. The van der Waals surface area contributed by atoms with Crippen molar-refractivity contribution < 1.29 is 9.53 Å². The summed E-state index contributed by atoms with van der Waals surface area (Å²) in [5, 5.41) is 3.05. The third kappa shape index (κ3) is 5.09. The molecule has 7 nitrogen and oxygen atoms in total. The highest BCUT2D eigenvalue weighted by atomic mass is 16.5. The summed E-state index contributed by atoms with van der Waals surface area (Å²) in [6, 6.07) is 1.20. The fourth-order valence-electron chi connectivity index (χ4n) is 4.02. The van der Waals surface area contributed by atoms with Crippen LogP contribution in [0.25, 0.3) is 0 Å². The van der Waals surface area contributed by atoms with Crippen molar-refractivity contribution in [3.8, 4) is 0 Å². The van der Waals surface area contributed by atoms with Gasteiger partial charge in [-0.15, -0.1) is 0 Å². The minimum atomic E-state index is -0.289. The molecule has 1 aliphatic carbocycles. The molecule has 3 rings (SSSR count). The van der Waals surface area contributed by atoms with Crippen LogP contribution in [0.1, 0.15) is 64.1 Å². The molecule has 0 radical (unpaired) electrons. The van der Waals surface area contributed by atoms with Crippen LogP contribution < -0.4 is 15.8 Å². The standard InChI is InChI=1S/C20H32N4O3/c1-13-8-10-24(11-9-13)20-22-17(12-18(25)23-20)14(2)21-19(26)15-4-6-16(27-3)7-5-15/h12-16H,4-11H2,1-3H3,(H,21,26)(H,22,23,25). The summed E-state index contributed by atoms with van der Waals surface area (Å²) in [6.45, 7) is 5.94. The number of rotatable bonds is 5. The summed E-state index contributed by atoms with van der Waals surface area (Å²) in [5.74, 6) is 1.39. The number of H-pyrrole nitrogens is 1. The van der Waals surface area contributed by atoms with E-state index in [0.717, 1.165) is 51.6 Å². The van der Waals surface area contributed by atoms with Gasteiger partial charge in [-0.05, 0) is 51.4 Å². The Balaban J connectivity index is 1.63. The van der Waals surface area contributed by atoms with Crippen LogP contribution in [0.2, 0.25) is 0 Å². The highest BCUT2D eigenvalue weighted by Gasteiger charge is 2.27. The molecule has 1 unspecified atom stereocenters. The molecule has 0 spiro atoms. The first kappa shape index (κ1) is 19.9. The Bertz CT molecular complexity index is 689. The summed E-state index contributed by atoms with van der Waals surface area (Å²) in [5.41, 5.74) is 0.446. The Hall–Kier alpha value is -1.89. The topological polar surface area (TPSA) is 87.3 Å². The molecule has 27 heavy (non-hydrogen) atoms. The van der Waals surface area contributed by atoms with Gasteiger partial charge in [-0.1, -0.05) is 6.92 Å². The van der Waals surface area contributed by atoms with E-state index in [9.17, 15) is 9.59 Å². The number of aromatic amines is 1. The highest BCUT2D eigenvalue weighted by Crippen LogP contribution is 2.27. The molecular weight excluding hydrogens is 344 g/mol. The Morgan fingerprint density at radius 1 is 1.26 bits per heavy atom. The van der Waals surface area contributed by atoms with Crippen molar-refractivity contribution in [2.24, 2.45) is 11.8 Å². The van der Waals surface area contributed by atoms with Crippen molar-refractivity contribution in [1.82, 2.24) is 15.3 Å². The molecule has 2 heterocycles. The van der Waals surface area contributed by atoms with Crippen LogP contribution in [0, 0.1) is 11.8 Å². The number of methoxy groups -OCH3 is 1. The molecular formula is C20H32N4O3. The van der Waals surface area contributed by atoms with Crippen LogP contribution in [0.4, 0.5) is 5.95 Å². The van der Waals surface area contributed by atoms with Gasteiger partial charge in [-0.2, -0.15) is 0 Å². The summed E-state index contributed by atoms with van der Waals surface area (Å²) in [4.78, 5) is 34.4. The number of amides is 1. The van der Waals surface area contributed by atoms with Gasteiger partial charge in [0.25, 0.3) is 5.56 Å². The molecule has 1 atom stereocenters. The van der Waals surface area contributed by atoms with E-state index in [4.69, 9.17) is 4.74 Å². The first-order valence-electron chi connectivity index (χ1n) is 10.2. The molecule has 1 aliphatic heterocycles. The highest BCUT2D eigenvalue weighted by molar-refractivity contribution is 5.79. The second kappa shape index (κ2) is 8.87. The molecule has 0 aromatic carbocycles. The van der Waals surface area contributed by atoms with Gasteiger partial charge in [0, 0.05) is 32.2 Å². The number of piperidine rings is 1. The minimum absolute atomic E-state index is 0.0175. The van der Waals surface area contributed by atoms with Gasteiger partial charge in [0.15, 0.2) is 0 Å². The number of nitrogens with zero attached hydrogens (tertiary/aromatic N) is 2. The Morgan fingerprint density at radius 2 is 1.93 bits per heavy atom.